The van der Waals surface area contributed by atoms with Gasteiger partial charge < -0.3 is 5.32 Å². The maximum atomic E-state index is 10.9. The molecule has 0 aromatic rings. The lowest BCUT2D eigenvalue weighted by molar-refractivity contribution is -0.113. The van der Waals surface area contributed by atoms with Gasteiger partial charge in [-0.05, 0) is 67.6 Å². The standard InChI is InChI=1S/C16H27NO/c1-10(2)12-8-15(3)13-5-6-16(4,17-9-18)14(15)7-11(12)13/h9-14H,5-8H2,1-4H3,(H,17,18)/t11-,12+,13-,14+,15+,16+/m1/s1. The van der Waals surface area contributed by atoms with Crippen molar-refractivity contribution in [3.05, 3.63) is 0 Å². The third kappa shape index (κ3) is 1.38. The van der Waals surface area contributed by atoms with E-state index in [0.717, 1.165) is 30.1 Å². The first-order valence-corrected chi connectivity index (χ1v) is 7.64. The molecule has 0 unspecified atom stereocenters. The van der Waals surface area contributed by atoms with Crippen LogP contribution < -0.4 is 5.32 Å². The van der Waals surface area contributed by atoms with Gasteiger partial charge in [0.15, 0.2) is 0 Å². The number of carbonyl (C=O) groups excluding carboxylic acids is 1. The summed E-state index contributed by atoms with van der Waals surface area (Å²) in [5, 5.41) is 3.16. The zero-order chi connectivity index (χ0) is 13.1. The molecule has 4 bridgehead atoms. The second-order valence-corrected chi connectivity index (χ2v) is 7.89. The van der Waals surface area contributed by atoms with Crippen molar-refractivity contribution in [2.75, 3.05) is 0 Å². The minimum absolute atomic E-state index is 0.0592. The molecule has 0 spiro atoms. The van der Waals surface area contributed by atoms with Crippen LogP contribution in [0.2, 0.25) is 0 Å². The lowest BCUT2D eigenvalue weighted by atomic mass is 9.58. The third-order valence-corrected chi connectivity index (χ3v) is 6.88. The highest BCUT2D eigenvalue weighted by molar-refractivity contribution is 5.48. The van der Waals surface area contributed by atoms with E-state index in [4.69, 9.17) is 0 Å². The predicted octanol–water partition coefficient (Wildman–Crippen LogP) is 3.22. The van der Waals surface area contributed by atoms with Gasteiger partial charge >= 0.3 is 0 Å². The van der Waals surface area contributed by atoms with E-state index in [1.54, 1.807) is 0 Å². The maximum absolute atomic E-state index is 10.9. The number of nitrogens with one attached hydrogen (secondary N) is 1. The van der Waals surface area contributed by atoms with Crippen molar-refractivity contribution in [2.45, 2.75) is 58.9 Å². The van der Waals surface area contributed by atoms with Gasteiger partial charge in [0.25, 0.3) is 0 Å². The van der Waals surface area contributed by atoms with Crippen LogP contribution in [0.5, 0.6) is 0 Å². The Labute approximate surface area is 111 Å². The molecule has 3 aliphatic carbocycles. The molecule has 1 amide bonds. The summed E-state index contributed by atoms with van der Waals surface area (Å²) in [5.41, 5.74) is 0.548. The largest absolute Gasteiger partial charge is 0.353 e. The Hall–Kier alpha value is -0.530. The van der Waals surface area contributed by atoms with Crippen LogP contribution in [0.1, 0.15) is 53.4 Å². The maximum Gasteiger partial charge on any atom is 0.207 e. The summed E-state index contributed by atoms with van der Waals surface area (Å²) in [7, 11) is 0. The van der Waals surface area contributed by atoms with Gasteiger partial charge in [0.2, 0.25) is 6.41 Å². The number of hydrogen-bond donors (Lipinski definition) is 1. The summed E-state index contributed by atoms with van der Waals surface area (Å²) in [6, 6.07) is 0. The molecule has 18 heavy (non-hydrogen) atoms. The van der Waals surface area contributed by atoms with Crippen LogP contribution in [0.4, 0.5) is 0 Å². The second kappa shape index (κ2) is 3.74. The minimum atomic E-state index is 0.0592. The van der Waals surface area contributed by atoms with Gasteiger partial charge in [-0.2, -0.15) is 0 Å². The molecule has 2 heteroatoms. The van der Waals surface area contributed by atoms with Crippen molar-refractivity contribution in [1.29, 1.82) is 0 Å². The summed E-state index contributed by atoms with van der Waals surface area (Å²) in [6.07, 6.45) is 6.16. The predicted molar refractivity (Wildman–Crippen MR) is 73.0 cm³/mol. The fraction of sp³-hybridized carbons (Fsp3) is 0.938. The van der Waals surface area contributed by atoms with E-state index < -0.39 is 0 Å². The fourth-order valence-electron chi connectivity index (χ4n) is 6.08. The number of hydrogen-bond acceptors (Lipinski definition) is 1. The van der Waals surface area contributed by atoms with Crippen LogP contribution in [0.3, 0.4) is 0 Å². The number of carbonyl (C=O) groups is 1. The molecule has 0 aromatic carbocycles. The molecule has 3 rings (SSSR count). The van der Waals surface area contributed by atoms with Gasteiger partial charge in [-0.15, -0.1) is 0 Å². The first-order chi connectivity index (χ1) is 8.42. The smallest absolute Gasteiger partial charge is 0.207 e. The molecule has 3 fully saturated rings. The van der Waals surface area contributed by atoms with E-state index in [2.05, 4.69) is 33.0 Å². The third-order valence-electron chi connectivity index (χ3n) is 6.88. The van der Waals surface area contributed by atoms with E-state index in [1.807, 2.05) is 0 Å². The Morgan fingerprint density at radius 1 is 1.33 bits per heavy atom. The van der Waals surface area contributed by atoms with Gasteiger partial charge in [0.05, 0.1) is 0 Å². The Kier molecular flexibility index (Phi) is 2.60. The molecule has 6 atom stereocenters. The second-order valence-electron chi connectivity index (χ2n) is 7.89. The quantitative estimate of drug-likeness (QED) is 0.765. The van der Waals surface area contributed by atoms with Crippen molar-refractivity contribution >= 4 is 6.41 Å². The Morgan fingerprint density at radius 3 is 2.67 bits per heavy atom. The van der Waals surface area contributed by atoms with E-state index in [9.17, 15) is 4.79 Å². The Bertz CT molecular complexity index is 366. The molecule has 102 valence electrons. The molecule has 1 N–H and O–H groups in total. The van der Waals surface area contributed by atoms with Crippen molar-refractivity contribution < 1.29 is 4.79 Å². The van der Waals surface area contributed by atoms with Gasteiger partial charge in [-0.25, -0.2) is 0 Å². The van der Waals surface area contributed by atoms with Gasteiger partial charge in [0.1, 0.15) is 0 Å². The molecule has 0 aromatic heterocycles. The highest BCUT2D eigenvalue weighted by atomic mass is 16.1. The lowest BCUT2D eigenvalue weighted by Crippen LogP contribution is -2.56. The summed E-state index contributed by atoms with van der Waals surface area (Å²) in [6.45, 7) is 9.57. The zero-order valence-electron chi connectivity index (χ0n) is 12.2. The lowest BCUT2D eigenvalue weighted by Gasteiger charge is -2.50. The Balaban J connectivity index is 1.91. The van der Waals surface area contributed by atoms with Crippen molar-refractivity contribution in [2.24, 2.45) is 35.0 Å². The highest BCUT2D eigenvalue weighted by Crippen LogP contribution is 2.71. The van der Waals surface area contributed by atoms with E-state index in [1.165, 1.54) is 25.7 Å². The molecule has 2 nitrogen and oxygen atoms in total. The minimum Gasteiger partial charge on any atom is -0.353 e. The fourth-order valence-corrected chi connectivity index (χ4v) is 6.08. The molecular weight excluding hydrogens is 222 g/mol. The Morgan fingerprint density at radius 2 is 2.06 bits per heavy atom. The van der Waals surface area contributed by atoms with Crippen LogP contribution >= 0.6 is 0 Å². The number of rotatable bonds is 3. The summed E-state index contributed by atoms with van der Waals surface area (Å²) < 4.78 is 0. The zero-order valence-corrected chi connectivity index (χ0v) is 12.2. The summed E-state index contributed by atoms with van der Waals surface area (Å²) in [5.74, 6) is 4.30. The van der Waals surface area contributed by atoms with Gasteiger partial charge in [-0.3, -0.25) is 4.79 Å². The average molecular weight is 249 g/mol. The van der Waals surface area contributed by atoms with Crippen molar-refractivity contribution in [3.63, 3.8) is 0 Å². The van der Waals surface area contributed by atoms with Crippen molar-refractivity contribution in [1.82, 2.24) is 5.32 Å². The van der Waals surface area contributed by atoms with E-state index >= 15 is 0 Å². The van der Waals surface area contributed by atoms with Crippen LogP contribution in [-0.4, -0.2) is 11.9 Å². The normalized spacial score (nSPS) is 53.8. The monoisotopic (exact) mass is 249 g/mol. The molecule has 3 aliphatic rings. The average Bonchev–Trinajstić information content (AvgIpc) is 2.67. The summed E-state index contributed by atoms with van der Waals surface area (Å²) >= 11 is 0. The molecule has 0 heterocycles. The van der Waals surface area contributed by atoms with E-state index in [0.29, 0.717) is 11.3 Å². The number of amides is 1. The van der Waals surface area contributed by atoms with E-state index in [-0.39, 0.29) is 5.54 Å². The highest BCUT2D eigenvalue weighted by Gasteiger charge is 2.66. The molecule has 0 saturated heterocycles. The molecular formula is C16H27NO. The SMILES string of the molecule is CC(C)[C@@H]1C[C@@]2(C)[C@@H]3CC[C@](C)(NC=O)[C@H]2C[C@@H]31. The van der Waals surface area contributed by atoms with Crippen LogP contribution in [0, 0.1) is 35.0 Å². The molecule has 0 radical (unpaired) electrons. The molecule has 0 aliphatic heterocycles. The topological polar surface area (TPSA) is 29.1 Å². The van der Waals surface area contributed by atoms with Crippen LogP contribution in [0.15, 0.2) is 0 Å². The molecule has 3 saturated carbocycles. The van der Waals surface area contributed by atoms with Crippen molar-refractivity contribution in [3.8, 4) is 0 Å². The van der Waals surface area contributed by atoms with Crippen LogP contribution in [0.25, 0.3) is 0 Å². The van der Waals surface area contributed by atoms with Crippen LogP contribution in [-0.2, 0) is 4.79 Å². The first-order valence-electron chi connectivity index (χ1n) is 7.64. The van der Waals surface area contributed by atoms with Gasteiger partial charge in [0, 0.05) is 5.54 Å². The van der Waals surface area contributed by atoms with Gasteiger partial charge in [-0.1, -0.05) is 20.8 Å². The first kappa shape index (κ1) is 12.5. The summed E-state index contributed by atoms with van der Waals surface area (Å²) in [4.78, 5) is 10.9.